The highest BCUT2D eigenvalue weighted by molar-refractivity contribution is 9.10. The molecule has 0 heterocycles. The van der Waals surface area contributed by atoms with E-state index in [4.69, 9.17) is 4.74 Å². The number of carbonyl (C=O) groups excluding carboxylic acids is 2. The lowest BCUT2D eigenvalue weighted by Crippen LogP contribution is -2.26. The van der Waals surface area contributed by atoms with Crippen molar-refractivity contribution in [3.05, 3.63) is 62.6 Å². The van der Waals surface area contributed by atoms with Gasteiger partial charge in [-0.25, -0.2) is 5.43 Å². The van der Waals surface area contributed by atoms with Crippen molar-refractivity contribution in [3.8, 4) is 5.75 Å². The van der Waals surface area contributed by atoms with Gasteiger partial charge < -0.3 is 10.1 Å². The van der Waals surface area contributed by atoms with Gasteiger partial charge >= 0.3 is 0 Å². The molecule has 0 aliphatic rings. The largest absolute Gasteiger partial charge is 0.484 e. The second-order valence-corrected chi connectivity index (χ2v) is 6.97. The number of hydrogen-bond donors (Lipinski definition) is 2. The number of amides is 2. The summed E-state index contributed by atoms with van der Waals surface area (Å²) in [6, 6.07) is 11.0. The Morgan fingerprint density at radius 1 is 1.21 bits per heavy atom. The van der Waals surface area contributed by atoms with Gasteiger partial charge in [-0.15, -0.1) is 0 Å². The second kappa shape index (κ2) is 10.3. The standard InChI is InChI=1S/C19H19BrN4O5/c1-12-8-16(6-7-17(12)20)29-11-19(26)23-22-13(2)9-18(25)21-14-4-3-5-15(10-14)24(27)28/h3-8,10H,9,11H2,1-2H3,(H,21,25)(H,23,26)/b22-13+. The highest BCUT2D eigenvalue weighted by Gasteiger charge is 2.10. The topological polar surface area (TPSA) is 123 Å². The number of nitro benzene ring substituents is 1. The van der Waals surface area contributed by atoms with Gasteiger partial charge in [0.2, 0.25) is 5.91 Å². The van der Waals surface area contributed by atoms with E-state index in [0.29, 0.717) is 17.1 Å². The predicted molar refractivity (Wildman–Crippen MR) is 112 cm³/mol. The molecule has 152 valence electrons. The number of carbonyl (C=O) groups is 2. The number of non-ortho nitro benzene ring substituents is 1. The Labute approximate surface area is 175 Å². The number of nitrogens with zero attached hydrogens (tertiary/aromatic N) is 2. The maximum absolute atomic E-state index is 12.0. The van der Waals surface area contributed by atoms with E-state index in [9.17, 15) is 19.7 Å². The Morgan fingerprint density at radius 3 is 2.66 bits per heavy atom. The normalized spacial score (nSPS) is 10.9. The van der Waals surface area contributed by atoms with E-state index in [1.54, 1.807) is 25.1 Å². The molecule has 0 bridgehead atoms. The second-order valence-electron chi connectivity index (χ2n) is 6.11. The van der Waals surface area contributed by atoms with Crippen molar-refractivity contribution in [2.24, 2.45) is 5.10 Å². The smallest absolute Gasteiger partial charge is 0.277 e. The van der Waals surface area contributed by atoms with E-state index in [2.05, 4.69) is 31.8 Å². The number of nitrogens with one attached hydrogen (secondary N) is 2. The van der Waals surface area contributed by atoms with E-state index in [0.717, 1.165) is 10.0 Å². The van der Waals surface area contributed by atoms with Gasteiger partial charge in [-0.1, -0.05) is 22.0 Å². The summed E-state index contributed by atoms with van der Waals surface area (Å²) in [7, 11) is 0. The van der Waals surface area contributed by atoms with Gasteiger partial charge in [0.15, 0.2) is 6.61 Å². The molecule has 0 unspecified atom stereocenters. The van der Waals surface area contributed by atoms with Gasteiger partial charge in [0.25, 0.3) is 11.6 Å². The van der Waals surface area contributed by atoms with E-state index in [1.807, 2.05) is 13.0 Å². The van der Waals surface area contributed by atoms with Crippen molar-refractivity contribution in [1.82, 2.24) is 5.43 Å². The fourth-order valence-corrected chi connectivity index (χ4v) is 2.47. The minimum Gasteiger partial charge on any atom is -0.484 e. The molecule has 0 aliphatic heterocycles. The minimum atomic E-state index is -0.546. The third-order valence-corrected chi connectivity index (χ3v) is 4.52. The Balaban J connectivity index is 1.80. The van der Waals surface area contributed by atoms with Crippen LogP contribution in [0.15, 0.2) is 52.0 Å². The Bertz CT molecular complexity index is 961. The first kappa shape index (κ1) is 22.0. The molecule has 0 aromatic heterocycles. The van der Waals surface area contributed by atoms with Crippen molar-refractivity contribution >= 4 is 44.8 Å². The SMILES string of the molecule is C/C(CC(=O)Nc1cccc([N+](=O)[O-])c1)=N\NC(=O)COc1ccc(Br)c(C)c1. The van der Waals surface area contributed by atoms with Crippen molar-refractivity contribution < 1.29 is 19.2 Å². The van der Waals surface area contributed by atoms with Gasteiger partial charge in [-0.3, -0.25) is 19.7 Å². The lowest BCUT2D eigenvalue weighted by molar-refractivity contribution is -0.384. The van der Waals surface area contributed by atoms with Crippen LogP contribution >= 0.6 is 15.9 Å². The molecule has 0 saturated carbocycles. The van der Waals surface area contributed by atoms with E-state index in [-0.39, 0.29) is 18.7 Å². The fourth-order valence-electron chi connectivity index (χ4n) is 2.22. The number of nitro groups is 1. The third kappa shape index (κ3) is 7.34. The fraction of sp³-hybridized carbons (Fsp3) is 0.211. The first-order valence-corrected chi connectivity index (χ1v) is 9.29. The molecule has 0 radical (unpaired) electrons. The number of ether oxygens (including phenoxy) is 1. The molecule has 0 aliphatic carbocycles. The summed E-state index contributed by atoms with van der Waals surface area (Å²) in [5.41, 5.74) is 3.84. The van der Waals surface area contributed by atoms with E-state index in [1.165, 1.54) is 18.2 Å². The molecule has 0 saturated heterocycles. The first-order valence-electron chi connectivity index (χ1n) is 8.50. The number of hydrogen-bond acceptors (Lipinski definition) is 6. The van der Waals surface area contributed by atoms with Gasteiger partial charge in [0.05, 0.1) is 11.3 Å². The molecule has 0 spiro atoms. The summed E-state index contributed by atoms with van der Waals surface area (Å²) in [6.07, 6.45) is -0.0876. The molecular formula is C19H19BrN4O5. The number of hydrazone groups is 1. The number of halogens is 1. The molecule has 2 rings (SSSR count). The van der Waals surface area contributed by atoms with E-state index >= 15 is 0 Å². The zero-order valence-electron chi connectivity index (χ0n) is 15.8. The molecule has 10 heteroatoms. The number of aryl methyl sites for hydroxylation is 1. The highest BCUT2D eigenvalue weighted by Crippen LogP contribution is 2.21. The summed E-state index contributed by atoms with van der Waals surface area (Å²) in [5.74, 6) is -0.329. The summed E-state index contributed by atoms with van der Waals surface area (Å²) in [5, 5.41) is 17.2. The minimum absolute atomic E-state index is 0.0876. The molecule has 0 fully saturated rings. The van der Waals surface area contributed by atoms with Crippen LogP contribution in [0.2, 0.25) is 0 Å². The van der Waals surface area contributed by atoms with Crippen molar-refractivity contribution in [2.75, 3.05) is 11.9 Å². The Hall–Kier alpha value is -3.27. The predicted octanol–water partition coefficient (Wildman–Crippen LogP) is 3.57. The van der Waals surface area contributed by atoms with Gasteiger partial charge in [-0.05, 0) is 43.7 Å². The zero-order chi connectivity index (χ0) is 21.4. The van der Waals surface area contributed by atoms with E-state index < -0.39 is 16.7 Å². The van der Waals surface area contributed by atoms with Crippen LogP contribution in [-0.2, 0) is 9.59 Å². The van der Waals surface area contributed by atoms with Crippen LogP contribution in [0.3, 0.4) is 0 Å². The monoisotopic (exact) mass is 462 g/mol. The zero-order valence-corrected chi connectivity index (χ0v) is 17.4. The summed E-state index contributed by atoms with van der Waals surface area (Å²) in [4.78, 5) is 34.1. The van der Waals surface area contributed by atoms with Crippen LogP contribution in [0.1, 0.15) is 18.9 Å². The first-order chi connectivity index (χ1) is 13.7. The van der Waals surface area contributed by atoms with Crippen molar-refractivity contribution in [1.29, 1.82) is 0 Å². The third-order valence-electron chi connectivity index (χ3n) is 3.63. The lowest BCUT2D eigenvalue weighted by Gasteiger charge is -2.08. The summed E-state index contributed by atoms with van der Waals surface area (Å²) >= 11 is 3.39. The molecule has 2 N–H and O–H groups in total. The molecule has 29 heavy (non-hydrogen) atoms. The summed E-state index contributed by atoms with van der Waals surface area (Å²) < 4.78 is 6.33. The number of benzene rings is 2. The maximum atomic E-state index is 12.0. The van der Waals surface area contributed by atoms with Crippen LogP contribution in [0, 0.1) is 17.0 Å². The van der Waals surface area contributed by atoms with Crippen LogP contribution in [0.25, 0.3) is 0 Å². The molecule has 9 nitrogen and oxygen atoms in total. The van der Waals surface area contributed by atoms with Crippen molar-refractivity contribution in [3.63, 3.8) is 0 Å². The average Bonchev–Trinajstić information content (AvgIpc) is 2.67. The van der Waals surface area contributed by atoms with Gasteiger partial charge in [0, 0.05) is 28.0 Å². The van der Waals surface area contributed by atoms with Gasteiger partial charge in [-0.2, -0.15) is 5.10 Å². The Morgan fingerprint density at radius 2 is 1.97 bits per heavy atom. The highest BCUT2D eigenvalue weighted by atomic mass is 79.9. The Kier molecular flexibility index (Phi) is 7.84. The van der Waals surface area contributed by atoms with Crippen LogP contribution < -0.4 is 15.5 Å². The molecule has 2 aromatic carbocycles. The molecular weight excluding hydrogens is 444 g/mol. The molecule has 2 amide bonds. The lowest BCUT2D eigenvalue weighted by atomic mass is 10.2. The maximum Gasteiger partial charge on any atom is 0.277 e. The molecule has 2 aromatic rings. The average molecular weight is 463 g/mol. The molecule has 0 atom stereocenters. The quantitative estimate of drug-likeness (QED) is 0.352. The van der Waals surface area contributed by atoms with Crippen LogP contribution in [-0.4, -0.2) is 29.1 Å². The van der Waals surface area contributed by atoms with Crippen LogP contribution in [0.4, 0.5) is 11.4 Å². The number of anilines is 1. The van der Waals surface area contributed by atoms with Crippen molar-refractivity contribution in [2.45, 2.75) is 20.3 Å². The van der Waals surface area contributed by atoms with Gasteiger partial charge in [0.1, 0.15) is 5.75 Å². The van der Waals surface area contributed by atoms with Crippen LogP contribution in [0.5, 0.6) is 5.75 Å². The summed E-state index contributed by atoms with van der Waals surface area (Å²) in [6.45, 7) is 3.26. The number of rotatable bonds is 8.